The van der Waals surface area contributed by atoms with Gasteiger partial charge < -0.3 is 0 Å². The summed E-state index contributed by atoms with van der Waals surface area (Å²) in [4.78, 5) is 4.35. The highest BCUT2D eigenvalue weighted by Crippen LogP contribution is 2.26. The molecule has 0 aliphatic heterocycles. The standard InChI is InChI=1S/C13H17N3/c1-9(2)13(16-14)11-7-8-15-12-6-4-3-5-10(11)12/h3-9,13,16H,14H2,1-2H3. The summed E-state index contributed by atoms with van der Waals surface area (Å²) >= 11 is 0. The number of nitrogens with two attached hydrogens (primary N) is 1. The minimum Gasteiger partial charge on any atom is -0.271 e. The number of hydrazine groups is 1. The molecule has 0 saturated carbocycles. The minimum atomic E-state index is 0.160. The molecular weight excluding hydrogens is 198 g/mol. The van der Waals surface area contributed by atoms with Crippen molar-refractivity contribution >= 4 is 10.9 Å². The van der Waals surface area contributed by atoms with Gasteiger partial charge in [0.05, 0.1) is 5.52 Å². The van der Waals surface area contributed by atoms with Crippen LogP contribution in [-0.4, -0.2) is 4.98 Å². The Bertz CT molecular complexity index is 474. The topological polar surface area (TPSA) is 50.9 Å². The summed E-state index contributed by atoms with van der Waals surface area (Å²) in [6, 6.07) is 10.3. The third-order valence-corrected chi connectivity index (χ3v) is 2.86. The lowest BCUT2D eigenvalue weighted by Gasteiger charge is -2.21. The molecule has 0 amide bonds. The molecule has 1 aromatic carbocycles. The van der Waals surface area contributed by atoms with Crippen LogP contribution in [0.25, 0.3) is 10.9 Å². The molecule has 3 nitrogen and oxygen atoms in total. The highest BCUT2D eigenvalue weighted by atomic mass is 15.2. The van der Waals surface area contributed by atoms with Crippen molar-refractivity contribution in [3.8, 4) is 0 Å². The molecule has 3 heteroatoms. The molecule has 0 aliphatic carbocycles. The van der Waals surface area contributed by atoms with Crippen LogP contribution in [0.2, 0.25) is 0 Å². The maximum atomic E-state index is 5.63. The Morgan fingerprint density at radius 2 is 1.94 bits per heavy atom. The van der Waals surface area contributed by atoms with E-state index in [1.807, 2.05) is 30.5 Å². The van der Waals surface area contributed by atoms with Crippen LogP contribution in [0.5, 0.6) is 0 Å². The first-order chi connectivity index (χ1) is 7.74. The van der Waals surface area contributed by atoms with Crippen LogP contribution in [0.15, 0.2) is 36.5 Å². The fraction of sp³-hybridized carbons (Fsp3) is 0.308. The molecular formula is C13H17N3. The molecule has 2 rings (SSSR count). The maximum absolute atomic E-state index is 5.63. The molecule has 0 saturated heterocycles. The molecule has 0 radical (unpaired) electrons. The van der Waals surface area contributed by atoms with Gasteiger partial charge in [-0.05, 0) is 23.6 Å². The lowest BCUT2D eigenvalue weighted by Crippen LogP contribution is -2.31. The van der Waals surface area contributed by atoms with Gasteiger partial charge >= 0.3 is 0 Å². The van der Waals surface area contributed by atoms with Crippen molar-refractivity contribution in [1.29, 1.82) is 0 Å². The van der Waals surface area contributed by atoms with Crippen LogP contribution in [0.4, 0.5) is 0 Å². The van der Waals surface area contributed by atoms with Crippen molar-refractivity contribution in [2.75, 3.05) is 0 Å². The van der Waals surface area contributed by atoms with Crippen LogP contribution >= 0.6 is 0 Å². The molecule has 0 bridgehead atoms. The molecule has 2 aromatic rings. The second-order valence-electron chi connectivity index (χ2n) is 4.31. The van der Waals surface area contributed by atoms with Gasteiger partial charge in [0.15, 0.2) is 0 Å². The average molecular weight is 215 g/mol. The van der Waals surface area contributed by atoms with Crippen molar-refractivity contribution in [2.24, 2.45) is 11.8 Å². The minimum absolute atomic E-state index is 0.160. The number of hydrogen-bond donors (Lipinski definition) is 2. The van der Waals surface area contributed by atoms with E-state index < -0.39 is 0 Å². The number of para-hydroxylation sites is 1. The summed E-state index contributed by atoms with van der Waals surface area (Å²) in [7, 11) is 0. The molecule has 16 heavy (non-hydrogen) atoms. The quantitative estimate of drug-likeness (QED) is 0.610. The fourth-order valence-corrected chi connectivity index (χ4v) is 2.03. The van der Waals surface area contributed by atoms with E-state index in [0.29, 0.717) is 5.92 Å². The molecule has 1 atom stereocenters. The average Bonchev–Trinajstić information content (AvgIpc) is 2.30. The predicted octanol–water partition coefficient (Wildman–Crippen LogP) is 2.40. The highest BCUT2D eigenvalue weighted by Gasteiger charge is 2.16. The van der Waals surface area contributed by atoms with E-state index in [1.165, 1.54) is 10.9 Å². The summed E-state index contributed by atoms with van der Waals surface area (Å²) in [5.41, 5.74) is 5.11. The molecule has 0 spiro atoms. The van der Waals surface area contributed by atoms with E-state index in [0.717, 1.165) is 5.52 Å². The number of nitrogens with one attached hydrogen (secondary N) is 1. The number of nitrogens with zero attached hydrogens (tertiary/aromatic N) is 1. The lowest BCUT2D eigenvalue weighted by molar-refractivity contribution is 0.423. The maximum Gasteiger partial charge on any atom is 0.0705 e. The van der Waals surface area contributed by atoms with Gasteiger partial charge in [0.2, 0.25) is 0 Å². The Kier molecular flexibility index (Phi) is 3.17. The van der Waals surface area contributed by atoms with Gasteiger partial charge in [-0.15, -0.1) is 0 Å². The third-order valence-electron chi connectivity index (χ3n) is 2.86. The zero-order valence-corrected chi connectivity index (χ0v) is 9.64. The summed E-state index contributed by atoms with van der Waals surface area (Å²) < 4.78 is 0. The number of pyridine rings is 1. The number of fused-ring (bicyclic) bond motifs is 1. The number of aromatic nitrogens is 1. The summed E-state index contributed by atoms with van der Waals surface area (Å²) in [6.07, 6.45) is 1.84. The first-order valence-electron chi connectivity index (χ1n) is 5.54. The largest absolute Gasteiger partial charge is 0.271 e. The summed E-state index contributed by atoms with van der Waals surface area (Å²) in [5, 5.41) is 1.17. The van der Waals surface area contributed by atoms with E-state index in [4.69, 9.17) is 5.84 Å². The van der Waals surface area contributed by atoms with Gasteiger partial charge in [0, 0.05) is 17.6 Å². The third kappa shape index (κ3) is 1.92. The van der Waals surface area contributed by atoms with Gasteiger partial charge in [0.25, 0.3) is 0 Å². The molecule has 1 aromatic heterocycles. The SMILES string of the molecule is CC(C)C(NN)c1ccnc2ccccc12. The molecule has 1 heterocycles. The van der Waals surface area contributed by atoms with Crippen LogP contribution in [0.1, 0.15) is 25.5 Å². The van der Waals surface area contributed by atoms with Gasteiger partial charge in [-0.3, -0.25) is 16.3 Å². The second-order valence-corrected chi connectivity index (χ2v) is 4.31. The lowest BCUT2D eigenvalue weighted by atomic mass is 9.94. The summed E-state index contributed by atoms with van der Waals surface area (Å²) in [6.45, 7) is 4.31. The molecule has 0 fully saturated rings. The highest BCUT2D eigenvalue weighted by molar-refractivity contribution is 5.82. The Morgan fingerprint density at radius 1 is 1.19 bits per heavy atom. The second kappa shape index (κ2) is 4.60. The molecule has 84 valence electrons. The predicted molar refractivity (Wildman–Crippen MR) is 66.6 cm³/mol. The van der Waals surface area contributed by atoms with Crippen LogP contribution in [0.3, 0.4) is 0 Å². The molecule has 1 unspecified atom stereocenters. The van der Waals surface area contributed by atoms with Gasteiger partial charge in [-0.25, -0.2) is 0 Å². The van der Waals surface area contributed by atoms with Crippen molar-refractivity contribution in [2.45, 2.75) is 19.9 Å². The summed E-state index contributed by atoms with van der Waals surface area (Å²) in [5.74, 6) is 6.07. The monoisotopic (exact) mass is 215 g/mol. The Hall–Kier alpha value is -1.45. The Balaban J connectivity index is 2.59. The van der Waals surface area contributed by atoms with Crippen molar-refractivity contribution in [3.05, 3.63) is 42.1 Å². The van der Waals surface area contributed by atoms with E-state index in [-0.39, 0.29) is 6.04 Å². The first kappa shape index (κ1) is 11.0. The smallest absolute Gasteiger partial charge is 0.0705 e. The number of benzene rings is 1. The van der Waals surface area contributed by atoms with Crippen LogP contribution in [-0.2, 0) is 0 Å². The van der Waals surface area contributed by atoms with Crippen LogP contribution in [0, 0.1) is 5.92 Å². The van der Waals surface area contributed by atoms with Crippen molar-refractivity contribution < 1.29 is 0 Å². The molecule has 0 aliphatic rings. The first-order valence-corrected chi connectivity index (χ1v) is 5.54. The van der Waals surface area contributed by atoms with Crippen molar-refractivity contribution in [1.82, 2.24) is 10.4 Å². The Labute approximate surface area is 95.7 Å². The van der Waals surface area contributed by atoms with E-state index in [2.05, 4.69) is 30.3 Å². The van der Waals surface area contributed by atoms with Gasteiger partial charge in [-0.2, -0.15) is 0 Å². The van der Waals surface area contributed by atoms with Crippen molar-refractivity contribution in [3.63, 3.8) is 0 Å². The Morgan fingerprint density at radius 3 is 2.62 bits per heavy atom. The van der Waals surface area contributed by atoms with Crippen LogP contribution < -0.4 is 11.3 Å². The zero-order chi connectivity index (χ0) is 11.5. The molecule has 3 N–H and O–H groups in total. The van der Waals surface area contributed by atoms with Gasteiger partial charge in [-0.1, -0.05) is 32.0 Å². The normalized spacial score (nSPS) is 13.2. The van der Waals surface area contributed by atoms with Gasteiger partial charge in [0.1, 0.15) is 0 Å². The fourth-order valence-electron chi connectivity index (χ4n) is 2.03. The number of hydrogen-bond acceptors (Lipinski definition) is 3. The van der Waals surface area contributed by atoms with E-state index >= 15 is 0 Å². The van der Waals surface area contributed by atoms with E-state index in [9.17, 15) is 0 Å². The zero-order valence-electron chi connectivity index (χ0n) is 9.64. The van der Waals surface area contributed by atoms with E-state index in [1.54, 1.807) is 0 Å². The number of rotatable bonds is 3.